The Kier molecular flexibility index (Phi) is 9.84. The number of anilines is 1. The number of benzene rings is 3. The van der Waals surface area contributed by atoms with Gasteiger partial charge >= 0.3 is 6.09 Å². The lowest BCUT2D eigenvalue weighted by Gasteiger charge is -2.41. The fourth-order valence-electron chi connectivity index (χ4n) is 6.60. The molecular formula is C38H36ClN7O7. The Morgan fingerprint density at radius 1 is 0.849 bits per heavy atom. The van der Waals surface area contributed by atoms with E-state index in [2.05, 4.69) is 15.3 Å². The molecule has 0 spiro atoms. The van der Waals surface area contributed by atoms with Crippen molar-refractivity contribution < 1.29 is 33.3 Å². The van der Waals surface area contributed by atoms with Gasteiger partial charge < -0.3 is 38.8 Å². The molecule has 1 atom stereocenters. The molecule has 0 saturated carbocycles. The van der Waals surface area contributed by atoms with E-state index in [9.17, 15) is 9.59 Å². The van der Waals surface area contributed by atoms with Crippen molar-refractivity contribution in [2.45, 2.75) is 25.1 Å². The summed E-state index contributed by atoms with van der Waals surface area (Å²) in [6.07, 6.45) is 4.39. The van der Waals surface area contributed by atoms with Crippen molar-refractivity contribution in [3.8, 4) is 28.9 Å². The quantitative estimate of drug-likeness (QED) is 0.205. The summed E-state index contributed by atoms with van der Waals surface area (Å²) in [6.45, 7) is 2.86. The topological polar surface area (TPSA) is 142 Å². The van der Waals surface area contributed by atoms with Crippen molar-refractivity contribution in [2.75, 3.05) is 51.0 Å². The van der Waals surface area contributed by atoms with Crippen LogP contribution >= 0.6 is 11.6 Å². The van der Waals surface area contributed by atoms with Crippen molar-refractivity contribution in [1.82, 2.24) is 29.7 Å². The summed E-state index contributed by atoms with van der Waals surface area (Å²) in [6, 6.07) is 21.2. The van der Waals surface area contributed by atoms with Crippen LogP contribution in [0.15, 0.2) is 91.5 Å². The lowest BCUT2D eigenvalue weighted by atomic mass is 9.96. The number of nitrogens with one attached hydrogen (secondary N) is 1. The van der Waals surface area contributed by atoms with Gasteiger partial charge in [-0.1, -0.05) is 54.1 Å². The second-order valence-electron chi connectivity index (χ2n) is 12.7. The second kappa shape index (κ2) is 15.3. The number of hydrogen-bond donors (Lipinski definition) is 1. The minimum absolute atomic E-state index is 0.0320. The molecule has 0 aliphatic carbocycles. The number of aromatic nitrogens is 4. The smallest absolute Gasteiger partial charge is 0.410 e. The number of carbonyl (C=O) groups excluding carboxylic acids is 2. The third-order valence-electron chi connectivity index (χ3n) is 9.18. The van der Waals surface area contributed by atoms with Crippen LogP contribution in [0.5, 0.6) is 23.0 Å². The molecule has 0 bridgehead atoms. The standard InChI is InChI=1S/C38H36ClN7O7/c39-33-21-34(42-37(41-33)45-11-10-40-24-45)44-12-13-46(38(48)53-23-25-4-2-1-3-5-25)28(22-44)20-35(47)43-36(26-6-8-29-31(18-26)51-16-14-49-29)27-7-9-30-32(19-27)52-17-15-50-30/h1-11,18-19,21,24,28,36H,12-17,20,22-23H2,(H,43,47). The third kappa shape index (κ3) is 7.77. The zero-order valence-electron chi connectivity index (χ0n) is 28.6. The highest BCUT2D eigenvalue weighted by Crippen LogP contribution is 2.38. The van der Waals surface area contributed by atoms with Gasteiger partial charge in [0.2, 0.25) is 11.9 Å². The Hall–Kier alpha value is -6.02. The first-order valence-corrected chi connectivity index (χ1v) is 17.7. The summed E-state index contributed by atoms with van der Waals surface area (Å²) >= 11 is 6.45. The monoisotopic (exact) mass is 737 g/mol. The first-order chi connectivity index (χ1) is 26.0. The average Bonchev–Trinajstić information content (AvgIpc) is 3.74. The third-order valence-corrected chi connectivity index (χ3v) is 9.37. The largest absolute Gasteiger partial charge is 0.486 e. The van der Waals surface area contributed by atoms with Crippen LogP contribution in [0, 0.1) is 0 Å². The van der Waals surface area contributed by atoms with Crippen LogP contribution in [0.3, 0.4) is 0 Å². The highest BCUT2D eigenvalue weighted by Gasteiger charge is 2.35. The number of rotatable bonds is 9. The van der Waals surface area contributed by atoms with Gasteiger partial charge in [0, 0.05) is 44.5 Å². The molecule has 1 unspecified atom stereocenters. The number of nitrogens with zero attached hydrogens (tertiary/aromatic N) is 6. The van der Waals surface area contributed by atoms with Crippen LogP contribution in [-0.4, -0.2) is 88.5 Å². The summed E-state index contributed by atoms with van der Waals surface area (Å²) < 4.78 is 30.7. The predicted octanol–water partition coefficient (Wildman–Crippen LogP) is 4.98. The number of carbonyl (C=O) groups is 2. The maximum atomic E-state index is 14.2. The lowest BCUT2D eigenvalue weighted by molar-refractivity contribution is -0.122. The van der Waals surface area contributed by atoms with E-state index >= 15 is 0 Å². The lowest BCUT2D eigenvalue weighted by Crippen LogP contribution is -2.57. The molecule has 272 valence electrons. The number of piperazine rings is 1. The van der Waals surface area contributed by atoms with Crippen molar-refractivity contribution in [2.24, 2.45) is 0 Å². The summed E-state index contributed by atoms with van der Waals surface area (Å²) in [5.41, 5.74) is 2.43. The van der Waals surface area contributed by atoms with E-state index < -0.39 is 18.2 Å². The second-order valence-corrected chi connectivity index (χ2v) is 13.1. The van der Waals surface area contributed by atoms with Gasteiger partial charge in [0.15, 0.2) is 23.0 Å². The molecule has 5 heterocycles. The molecule has 0 radical (unpaired) electrons. The highest BCUT2D eigenvalue weighted by molar-refractivity contribution is 6.29. The molecule has 1 fully saturated rings. The van der Waals surface area contributed by atoms with E-state index in [4.69, 9.17) is 40.3 Å². The molecule has 15 heteroatoms. The summed E-state index contributed by atoms with van der Waals surface area (Å²) in [4.78, 5) is 44.7. The Bertz CT molecular complexity index is 2030. The molecule has 1 N–H and O–H groups in total. The first-order valence-electron chi connectivity index (χ1n) is 17.3. The van der Waals surface area contributed by atoms with Gasteiger partial charge in [-0.25, -0.2) is 14.8 Å². The molecule has 5 aromatic rings. The first kappa shape index (κ1) is 34.1. The molecule has 1 saturated heterocycles. The predicted molar refractivity (Wildman–Crippen MR) is 193 cm³/mol. The zero-order valence-corrected chi connectivity index (χ0v) is 29.4. The summed E-state index contributed by atoms with van der Waals surface area (Å²) in [7, 11) is 0. The van der Waals surface area contributed by atoms with Crippen LogP contribution < -0.4 is 29.2 Å². The molecule has 53 heavy (non-hydrogen) atoms. The van der Waals surface area contributed by atoms with E-state index in [1.807, 2.05) is 71.6 Å². The molecular weight excluding hydrogens is 702 g/mol. The van der Waals surface area contributed by atoms with Crippen LogP contribution in [0.1, 0.15) is 29.2 Å². The van der Waals surface area contributed by atoms with Gasteiger partial charge in [-0.3, -0.25) is 9.36 Å². The molecule has 3 aromatic carbocycles. The summed E-state index contributed by atoms with van der Waals surface area (Å²) in [5.74, 6) is 3.10. The van der Waals surface area contributed by atoms with E-state index in [-0.39, 0.29) is 37.2 Å². The van der Waals surface area contributed by atoms with E-state index in [1.54, 1.807) is 34.3 Å². The minimum atomic E-state index is -0.592. The van der Waals surface area contributed by atoms with Crippen LogP contribution in [0.4, 0.5) is 10.6 Å². The van der Waals surface area contributed by atoms with Crippen molar-refractivity contribution in [3.63, 3.8) is 0 Å². The van der Waals surface area contributed by atoms with Crippen molar-refractivity contribution in [3.05, 3.63) is 113 Å². The molecule has 2 amide bonds. The van der Waals surface area contributed by atoms with E-state index in [1.165, 1.54) is 0 Å². The zero-order chi connectivity index (χ0) is 36.1. The maximum Gasteiger partial charge on any atom is 0.410 e. The molecule has 3 aliphatic rings. The highest BCUT2D eigenvalue weighted by atomic mass is 35.5. The van der Waals surface area contributed by atoms with Crippen LogP contribution in [0.25, 0.3) is 5.95 Å². The molecule has 3 aliphatic heterocycles. The maximum absolute atomic E-state index is 14.2. The Labute approximate surface area is 310 Å². The van der Waals surface area contributed by atoms with Gasteiger partial charge in [-0.05, 0) is 41.0 Å². The molecule has 14 nitrogen and oxygen atoms in total. The van der Waals surface area contributed by atoms with Gasteiger partial charge in [0.05, 0.1) is 12.1 Å². The van der Waals surface area contributed by atoms with Gasteiger partial charge in [0.1, 0.15) is 50.3 Å². The van der Waals surface area contributed by atoms with Crippen molar-refractivity contribution >= 4 is 29.4 Å². The average molecular weight is 738 g/mol. The summed E-state index contributed by atoms with van der Waals surface area (Å²) in [5, 5.41) is 3.48. The number of hydrogen-bond acceptors (Lipinski definition) is 11. The number of imidazole rings is 1. The Morgan fingerprint density at radius 2 is 1.53 bits per heavy atom. The van der Waals surface area contributed by atoms with Crippen molar-refractivity contribution in [1.29, 1.82) is 0 Å². The molecule has 8 rings (SSSR count). The number of halogens is 1. The van der Waals surface area contributed by atoms with Gasteiger partial charge in [0.25, 0.3) is 0 Å². The Balaban J connectivity index is 1.07. The van der Waals surface area contributed by atoms with Gasteiger partial charge in [-0.2, -0.15) is 4.98 Å². The Morgan fingerprint density at radius 3 is 2.19 bits per heavy atom. The molecule has 2 aromatic heterocycles. The van der Waals surface area contributed by atoms with E-state index in [0.29, 0.717) is 67.7 Å². The number of fused-ring (bicyclic) bond motifs is 2. The van der Waals surface area contributed by atoms with E-state index in [0.717, 1.165) is 16.7 Å². The fourth-order valence-corrected chi connectivity index (χ4v) is 6.77. The number of ether oxygens (including phenoxy) is 5. The SMILES string of the molecule is O=C(CC1CN(c2cc(Cl)nc(-n3ccnc3)n2)CCN1C(=O)OCc1ccccc1)NC(c1ccc2c(c1)OCCO2)c1ccc2c(c1)OCCO2. The van der Waals surface area contributed by atoms with Gasteiger partial charge in [-0.15, -0.1) is 0 Å². The minimum Gasteiger partial charge on any atom is -0.486 e. The van der Waals surface area contributed by atoms with Crippen LogP contribution in [-0.2, 0) is 16.1 Å². The fraction of sp³-hybridized carbons (Fsp3) is 0.289. The normalized spacial score (nSPS) is 16.3. The van der Waals surface area contributed by atoms with Crippen LogP contribution in [0.2, 0.25) is 5.15 Å². The number of amides is 2.